The minimum absolute atomic E-state index is 0.154. The van der Waals surface area contributed by atoms with Crippen LogP contribution in [0.1, 0.15) is 45.4 Å². The average molecular weight is 254 g/mol. The summed E-state index contributed by atoms with van der Waals surface area (Å²) >= 11 is 0. The summed E-state index contributed by atoms with van der Waals surface area (Å²) in [7, 11) is 1.46. The molecule has 18 heavy (non-hydrogen) atoms. The van der Waals surface area contributed by atoms with Gasteiger partial charge in [-0.15, -0.1) is 0 Å². The normalized spacial score (nSPS) is 34.2. The van der Waals surface area contributed by atoms with Gasteiger partial charge in [-0.2, -0.15) is 0 Å². The molecule has 4 heteroatoms. The number of rotatable bonds is 4. The lowest BCUT2D eigenvalue weighted by Gasteiger charge is -2.37. The van der Waals surface area contributed by atoms with Crippen molar-refractivity contribution in [1.82, 2.24) is 10.6 Å². The van der Waals surface area contributed by atoms with Crippen LogP contribution in [0.5, 0.6) is 0 Å². The van der Waals surface area contributed by atoms with E-state index in [1.807, 2.05) is 6.92 Å². The Hall–Kier alpha value is -0.610. The molecule has 2 rings (SSSR count). The fourth-order valence-electron chi connectivity index (χ4n) is 3.49. The highest BCUT2D eigenvalue weighted by molar-refractivity contribution is 5.75. The van der Waals surface area contributed by atoms with Crippen molar-refractivity contribution in [3.05, 3.63) is 0 Å². The van der Waals surface area contributed by atoms with E-state index in [0.29, 0.717) is 18.0 Å². The summed E-state index contributed by atoms with van der Waals surface area (Å²) < 4.78 is 4.80. The number of nitrogens with one attached hydrogen (secondary N) is 2. The Balaban J connectivity index is 1.92. The van der Waals surface area contributed by atoms with Gasteiger partial charge in [0.15, 0.2) is 0 Å². The number of hydrogen-bond donors (Lipinski definition) is 2. The van der Waals surface area contributed by atoms with Crippen LogP contribution in [0.25, 0.3) is 0 Å². The van der Waals surface area contributed by atoms with Gasteiger partial charge in [-0.3, -0.25) is 4.79 Å². The van der Waals surface area contributed by atoms with Crippen LogP contribution < -0.4 is 10.6 Å². The van der Waals surface area contributed by atoms with Crippen molar-refractivity contribution in [2.75, 3.05) is 13.7 Å². The monoisotopic (exact) mass is 254 g/mol. The summed E-state index contributed by atoms with van der Waals surface area (Å²) in [5.41, 5.74) is 0. The summed E-state index contributed by atoms with van der Waals surface area (Å²) in [6.45, 7) is 3.06. The molecule has 0 amide bonds. The third-order valence-corrected chi connectivity index (χ3v) is 4.45. The van der Waals surface area contributed by atoms with Gasteiger partial charge in [0.2, 0.25) is 0 Å². The van der Waals surface area contributed by atoms with Gasteiger partial charge in [0.1, 0.15) is 6.04 Å². The standard InChI is InChI=1S/C14H26N2O2/c1-10(14(17)18-2)16-13-7-4-3-6-11(13)12-8-5-9-15-12/h10-13,15-16H,3-9H2,1-2H3. The zero-order valence-corrected chi connectivity index (χ0v) is 11.6. The fourth-order valence-corrected chi connectivity index (χ4v) is 3.49. The second-order valence-corrected chi connectivity index (χ2v) is 5.67. The molecule has 4 nitrogen and oxygen atoms in total. The highest BCUT2D eigenvalue weighted by Crippen LogP contribution is 2.30. The molecule has 0 aromatic heterocycles. The number of carbonyl (C=O) groups is 1. The molecule has 1 aliphatic carbocycles. The van der Waals surface area contributed by atoms with Crippen molar-refractivity contribution in [1.29, 1.82) is 0 Å². The molecule has 2 fully saturated rings. The SMILES string of the molecule is COC(=O)C(C)NC1CCCCC1C1CCCN1. The molecule has 0 radical (unpaired) electrons. The first kappa shape index (κ1) is 13.8. The number of ether oxygens (including phenoxy) is 1. The van der Waals surface area contributed by atoms with E-state index in [0.717, 1.165) is 6.54 Å². The molecule has 1 saturated heterocycles. The highest BCUT2D eigenvalue weighted by Gasteiger charge is 2.34. The molecule has 4 unspecified atom stereocenters. The van der Waals surface area contributed by atoms with Crippen LogP contribution in [-0.2, 0) is 9.53 Å². The molecule has 1 saturated carbocycles. The number of methoxy groups -OCH3 is 1. The van der Waals surface area contributed by atoms with E-state index < -0.39 is 0 Å². The van der Waals surface area contributed by atoms with Crippen LogP contribution in [0.3, 0.4) is 0 Å². The van der Waals surface area contributed by atoms with E-state index in [2.05, 4.69) is 10.6 Å². The van der Waals surface area contributed by atoms with Gasteiger partial charge in [-0.1, -0.05) is 12.8 Å². The molecule has 0 aromatic rings. The lowest BCUT2D eigenvalue weighted by Crippen LogP contribution is -2.51. The number of carbonyl (C=O) groups excluding carboxylic acids is 1. The molecular weight excluding hydrogens is 228 g/mol. The Morgan fingerprint density at radius 2 is 2.06 bits per heavy atom. The van der Waals surface area contributed by atoms with Crippen LogP contribution in [0.2, 0.25) is 0 Å². The molecular formula is C14H26N2O2. The second-order valence-electron chi connectivity index (χ2n) is 5.67. The maximum atomic E-state index is 11.5. The van der Waals surface area contributed by atoms with E-state index in [9.17, 15) is 4.79 Å². The molecule has 2 aliphatic rings. The van der Waals surface area contributed by atoms with Crippen molar-refractivity contribution in [2.45, 2.75) is 63.6 Å². The molecule has 4 atom stereocenters. The van der Waals surface area contributed by atoms with Crippen molar-refractivity contribution >= 4 is 5.97 Å². The van der Waals surface area contributed by atoms with Crippen LogP contribution in [0, 0.1) is 5.92 Å². The first-order valence-electron chi connectivity index (χ1n) is 7.29. The maximum absolute atomic E-state index is 11.5. The smallest absolute Gasteiger partial charge is 0.322 e. The lowest BCUT2D eigenvalue weighted by molar-refractivity contribution is -0.143. The third-order valence-electron chi connectivity index (χ3n) is 4.45. The lowest BCUT2D eigenvalue weighted by atomic mass is 9.79. The van der Waals surface area contributed by atoms with Crippen LogP contribution in [0.4, 0.5) is 0 Å². The molecule has 1 aliphatic heterocycles. The zero-order chi connectivity index (χ0) is 13.0. The van der Waals surface area contributed by atoms with Gasteiger partial charge in [-0.05, 0) is 45.1 Å². The highest BCUT2D eigenvalue weighted by atomic mass is 16.5. The van der Waals surface area contributed by atoms with Gasteiger partial charge in [0.25, 0.3) is 0 Å². The van der Waals surface area contributed by atoms with Gasteiger partial charge in [-0.25, -0.2) is 0 Å². The van der Waals surface area contributed by atoms with Crippen LogP contribution in [0.15, 0.2) is 0 Å². The van der Waals surface area contributed by atoms with Crippen molar-refractivity contribution in [3.8, 4) is 0 Å². The minimum Gasteiger partial charge on any atom is -0.468 e. The Labute approximate surface area is 110 Å². The molecule has 0 aromatic carbocycles. The minimum atomic E-state index is -0.193. The molecule has 104 valence electrons. The molecule has 0 bridgehead atoms. The van der Waals surface area contributed by atoms with E-state index in [1.54, 1.807) is 0 Å². The molecule has 0 spiro atoms. The van der Waals surface area contributed by atoms with Crippen molar-refractivity contribution in [2.24, 2.45) is 5.92 Å². The Morgan fingerprint density at radius 3 is 2.72 bits per heavy atom. The van der Waals surface area contributed by atoms with E-state index >= 15 is 0 Å². The summed E-state index contributed by atoms with van der Waals surface area (Å²) in [4.78, 5) is 11.5. The van der Waals surface area contributed by atoms with E-state index in [1.165, 1.54) is 45.6 Å². The van der Waals surface area contributed by atoms with Crippen LogP contribution >= 0.6 is 0 Å². The fraction of sp³-hybridized carbons (Fsp3) is 0.929. The summed E-state index contributed by atoms with van der Waals surface area (Å²) in [6.07, 6.45) is 7.64. The summed E-state index contributed by atoms with van der Waals surface area (Å²) in [5.74, 6) is 0.520. The third kappa shape index (κ3) is 3.23. The van der Waals surface area contributed by atoms with E-state index in [4.69, 9.17) is 4.74 Å². The van der Waals surface area contributed by atoms with Crippen molar-refractivity contribution < 1.29 is 9.53 Å². The number of esters is 1. The second kappa shape index (κ2) is 6.53. The molecule has 1 heterocycles. The quantitative estimate of drug-likeness (QED) is 0.746. The van der Waals surface area contributed by atoms with Crippen LogP contribution in [-0.4, -0.2) is 37.7 Å². The maximum Gasteiger partial charge on any atom is 0.322 e. The summed E-state index contributed by atoms with van der Waals surface area (Å²) in [6, 6.07) is 0.915. The van der Waals surface area contributed by atoms with Gasteiger partial charge in [0.05, 0.1) is 7.11 Å². The Morgan fingerprint density at radius 1 is 1.28 bits per heavy atom. The summed E-state index contributed by atoms with van der Waals surface area (Å²) in [5, 5.41) is 7.10. The van der Waals surface area contributed by atoms with Gasteiger partial charge in [0, 0.05) is 12.1 Å². The topological polar surface area (TPSA) is 50.4 Å². The predicted molar refractivity (Wildman–Crippen MR) is 71.4 cm³/mol. The Bertz CT molecular complexity index is 277. The van der Waals surface area contributed by atoms with Gasteiger partial charge >= 0.3 is 5.97 Å². The van der Waals surface area contributed by atoms with Gasteiger partial charge < -0.3 is 15.4 Å². The first-order chi connectivity index (χ1) is 8.72. The average Bonchev–Trinajstić information content (AvgIpc) is 2.92. The largest absolute Gasteiger partial charge is 0.468 e. The zero-order valence-electron chi connectivity index (χ0n) is 11.6. The number of hydrogen-bond acceptors (Lipinski definition) is 4. The molecule has 2 N–H and O–H groups in total. The Kier molecular flexibility index (Phi) is 5.01. The van der Waals surface area contributed by atoms with E-state index in [-0.39, 0.29) is 12.0 Å². The van der Waals surface area contributed by atoms with Crippen molar-refractivity contribution in [3.63, 3.8) is 0 Å². The predicted octanol–water partition coefficient (Wildman–Crippen LogP) is 1.45. The first-order valence-corrected chi connectivity index (χ1v) is 7.29.